The number of carbonyl (C=O) groups is 1. The summed E-state index contributed by atoms with van der Waals surface area (Å²) >= 11 is 1.63. The largest absolute Gasteiger partial charge is 0.493 e. The lowest BCUT2D eigenvalue weighted by Gasteiger charge is -2.24. The number of benzene rings is 1. The average Bonchev–Trinajstić information content (AvgIpc) is 3.00. The quantitative estimate of drug-likeness (QED) is 0.868. The fourth-order valence-electron chi connectivity index (χ4n) is 2.60. The number of aromatic nitrogens is 1. The zero-order valence-corrected chi connectivity index (χ0v) is 14.5. The van der Waals surface area contributed by atoms with Crippen molar-refractivity contribution in [2.75, 3.05) is 20.3 Å². The maximum atomic E-state index is 11.4. The molecule has 7 heteroatoms. The van der Waals surface area contributed by atoms with E-state index in [0.717, 1.165) is 24.1 Å². The van der Waals surface area contributed by atoms with Gasteiger partial charge in [-0.3, -0.25) is 0 Å². The minimum atomic E-state index is -0.384. The highest BCUT2D eigenvalue weighted by molar-refractivity contribution is 7.09. The minimum absolute atomic E-state index is 0.254. The monoisotopic (exact) mass is 348 g/mol. The van der Waals surface area contributed by atoms with Crippen molar-refractivity contribution in [2.45, 2.75) is 25.9 Å². The highest BCUT2D eigenvalue weighted by Crippen LogP contribution is 2.33. The number of carbonyl (C=O) groups excluding carboxylic acids is 1. The van der Waals surface area contributed by atoms with E-state index in [1.807, 2.05) is 30.6 Å². The van der Waals surface area contributed by atoms with Gasteiger partial charge in [0, 0.05) is 24.3 Å². The van der Waals surface area contributed by atoms with E-state index in [1.165, 1.54) is 4.88 Å². The van der Waals surface area contributed by atoms with Crippen LogP contribution in [-0.4, -0.2) is 31.3 Å². The van der Waals surface area contributed by atoms with E-state index in [4.69, 9.17) is 14.2 Å². The lowest BCUT2D eigenvalue weighted by Crippen LogP contribution is -2.33. The van der Waals surface area contributed by atoms with Gasteiger partial charge in [-0.1, -0.05) is 6.07 Å². The normalized spacial score (nSPS) is 17.1. The van der Waals surface area contributed by atoms with E-state index in [2.05, 4.69) is 10.3 Å². The van der Waals surface area contributed by atoms with Crippen LogP contribution in [0.5, 0.6) is 11.5 Å². The van der Waals surface area contributed by atoms with Gasteiger partial charge in [-0.15, -0.1) is 11.3 Å². The Bertz CT molecular complexity index is 716. The van der Waals surface area contributed by atoms with Crippen molar-refractivity contribution in [1.29, 1.82) is 0 Å². The highest BCUT2D eigenvalue weighted by atomic mass is 32.1. The second-order valence-electron chi connectivity index (χ2n) is 5.48. The van der Waals surface area contributed by atoms with Crippen molar-refractivity contribution in [2.24, 2.45) is 0 Å². The molecule has 1 aromatic carbocycles. The molecule has 0 radical (unpaired) electrons. The van der Waals surface area contributed by atoms with Gasteiger partial charge in [-0.25, -0.2) is 9.78 Å². The van der Waals surface area contributed by atoms with Crippen molar-refractivity contribution < 1.29 is 19.0 Å². The Hall–Kier alpha value is -2.28. The van der Waals surface area contributed by atoms with Crippen molar-refractivity contribution >= 4 is 17.4 Å². The topological polar surface area (TPSA) is 69.7 Å². The van der Waals surface area contributed by atoms with Crippen LogP contribution in [0.4, 0.5) is 4.79 Å². The van der Waals surface area contributed by atoms with Crippen LogP contribution in [0.2, 0.25) is 0 Å². The van der Waals surface area contributed by atoms with Gasteiger partial charge in [0.1, 0.15) is 6.10 Å². The summed E-state index contributed by atoms with van der Waals surface area (Å²) in [6.45, 7) is 3.14. The molecule has 3 rings (SSSR count). The number of nitrogens with zero attached hydrogens (tertiary/aromatic N) is 1. The average molecular weight is 348 g/mol. The van der Waals surface area contributed by atoms with E-state index in [1.54, 1.807) is 18.4 Å². The van der Waals surface area contributed by atoms with Crippen molar-refractivity contribution in [3.05, 3.63) is 39.8 Å². The second-order valence-corrected chi connectivity index (χ2v) is 6.42. The molecule has 1 amide bonds. The number of thiazole rings is 1. The van der Waals surface area contributed by atoms with Gasteiger partial charge < -0.3 is 19.5 Å². The molecular weight excluding hydrogens is 328 g/mol. The first-order valence-electron chi connectivity index (χ1n) is 7.81. The summed E-state index contributed by atoms with van der Waals surface area (Å²) in [5, 5.41) is 2.65. The summed E-state index contributed by atoms with van der Waals surface area (Å²) in [5.41, 5.74) is 3.80. The third kappa shape index (κ3) is 3.79. The first kappa shape index (κ1) is 16.6. The van der Waals surface area contributed by atoms with Crippen molar-refractivity contribution in [1.82, 2.24) is 10.3 Å². The summed E-state index contributed by atoms with van der Waals surface area (Å²) < 4.78 is 16.6. The summed E-state index contributed by atoms with van der Waals surface area (Å²) in [4.78, 5) is 16.9. The molecule has 24 heavy (non-hydrogen) atoms. The van der Waals surface area contributed by atoms with Crippen molar-refractivity contribution in [3.8, 4) is 11.5 Å². The smallest absolute Gasteiger partial charge is 0.407 e. The van der Waals surface area contributed by atoms with Crippen LogP contribution in [0, 0.1) is 6.92 Å². The zero-order chi connectivity index (χ0) is 16.9. The lowest BCUT2D eigenvalue weighted by molar-refractivity contribution is 0.0736. The number of aryl methyl sites for hydroxylation is 1. The van der Waals surface area contributed by atoms with Gasteiger partial charge in [0.2, 0.25) is 0 Å². The molecule has 0 saturated carbocycles. The molecule has 2 heterocycles. The molecule has 128 valence electrons. The second kappa shape index (κ2) is 7.53. The molecular formula is C17H20N2O4S. The zero-order valence-electron chi connectivity index (χ0n) is 13.7. The summed E-state index contributed by atoms with van der Waals surface area (Å²) in [5.74, 6) is 1.33. The molecule has 1 saturated heterocycles. The van der Waals surface area contributed by atoms with Gasteiger partial charge >= 0.3 is 6.09 Å². The third-order valence-corrected chi connectivity index (χ3v) is 4.91. The molecule has 1 fully saturated rings. The lowest BCUT2D eigenvalue weighted by atomic mass is 10.0. The van der Waals surface area contributed by atoms with Gasteiger partial charge in [-0.2, -0.15) is 0 Å². The molecule has 2 aromatic rings. The minimum Gasteiger partial charge on any atom is -0.493 e. The molecule has 1 aromatic heterocycles. The number of hydrogen-bond donors (Lipinski definition) is 1. The highest BCUT2D eigenvalue weighted by Gasteiger charge is 2.22. The number of nitrogens with one attached hydrogen (secondary N) is 1. The Morgan fingerprint density at radius 2 is 2.29 bits per heavy atom. The number of ether oxygens (including phenoxy) is 3. The van der Waals surface area contributed by atoms with Crippen LogP contribution in [0.3, 0.4) is 0 Å². The SMILES string of the molecule is COc1ccc(C2CCNC(=O)O2)cc1OCCc1scnc1C. The van der Waals surface area contributed by atoms with Crippen LogP contribution < -0.4 is 14.8 Å². The number of hydrogen-bond acceptors (Lipinski definition) is 6. The number of cyclic esters (lactones) is 1. The van der Waals surface area contributed by atoms with Crippen LogP contribution >= 0.6 is 11.3 Å². The van der Waals surface area contributed by atoms with E-state index in [0.29, 0.717) is 24.7 Å². The maximum absolute atomic E-state index is 11.4. The Morgan fingerprint density at radius 1 is 1.42 bits per heavy atom. The number of rotatable bonds is 6. The Kier molecular flexibility index (Phi) is 5.20. The molecule has 1 atom stereocenters. The van der Waals surface area contributed by atoms with E-state index in [9.17, 15) is 4.79 Å². The summed E-state index contributed by atoms with van der Waals surface area (Å²) in [7, 11) is 1.61. The number of amides is 1. The molecule has 1 unspecified atom stereocenters. The van der Waals surface area contributed by atoms with Crippen LogP contribution in [0.15, 0.2) is 23.7 Å². The van der Waals surface area contributed by atoms with Crippen LogP contribution in [-0.2, 0) is 11.2 Å². The molecule has 1 N–H and O–H groups in total. The predicted octanol–water partition coefficient (Wildman–Crippen LogP) is 3.25. The molecule has 1 aliphatic rings. The fourth-order valence-corrected chi connectivity index (χ4v) is 3.36. The van der Waals surface area contributed by atoms with Gasteiger partial charge in [0.15, 0.2) is 11.5 Å². The first-order chi connectivity index (χ1) is 11.7. The predicted molar refractivity (Wildman–Crippen MR) is 90.9 cm³/mol. The van der Waals surface area contributed by atoms with E-state index in [-0.39, 0.29) is 12.2 Å². The fraction of sp³-hybridized carbons (Fsp3) is 0.412. The third-order valence-electron chi connectivity index (χ3n) is 3.92. The Balaban J connectivity index is 1.69. The Labute approximate surface area is 144 Å². The molecule has 6 nitrogen and oxygen atoms in total. The van der Waals surface area contributed by atoms with Crippen LogP contribution in [0.25, 0.3) is 0 Å². The van der Waals surface area contributed by atoms with Gasteiger partial charge in [0.05, 0.1) is 24.9 Å². The number of methoxy groups -OCH3 is 1. The molecule has 0 aliphatic carbocycles. The van der Waals surface area contributed by atoms with Gasteiger partial charge in [-0.05, 0) is 24.6 Å². The standard InChI is InChI=1S/C17H20N2O4S/c1-11-16(24-10-19-11)6-8-22-15-9-12(3-4-14(15)21-2)13-5-7-18-17(20)23-13/h3-4,9-10,13H,5-8H2,1-2H3,(H,18,20). The van der Waals surface area contributed by atoms with Gasteiger partial charge in [0.25, 0.3) is 0 Å². The summed E-state index contributed by atoms with van der Waals surface area (Å²) in [6.07, 6.45) is 0.894. The van der Waals surface area contributed by atoms with Crippen molar-refractivity contribution in [3.63, 3.8) is 0 Å². The molecule has 1 aliphatic heterocycles. The first-order valence-corrected chi connectivity index (χ1v) is 8.69. The molecule has 0 bridgehead atoms. The van der Waals surface area contributed by atoms with E-state index < -0.39 is 0 Å². The summed E-state index contributed by atoms with van der Waals surface area (Å²) in [6, 6.07) is 5.64. The maximum Gasteiger partial charge on any atom is 0.407 e. The molecule has 0 spiro atoms. The van der Waals surface area contributed by atoms with Crippen LogP contribution in [0.1, 0.15) is 28.7 Å². The Morgan fingerprint density at radius 3 is 3.00 bits per heavy atom. The van der Waals surface area contributed by atoms with E-state index >= 15 is 0 Å². The number of alkyl carbamates (subject to hydrolysis) is 1.